The molecule has 0 unspecified atom stereocenters. The number of methoxy groups -OCH3 is 3. The Morgan fingerprint density at radius 3 is 2.28 bits per heavy atom. The molecule has 0 bridgehead atoms. The summed E-state index contributed by atoms with van der Waals surface area (Å²) in [5, 5.41) is 3.81. The zero-order chi connectivity index (χ0) is 22.7. The van der Waals surface area contributed by atoms with Gasteiger partial charge in [-0.05, 0) is 67.3 Å². The number of ether oxygens (including phenoxy) is 4. The van der Waals surface area contributed by atoms with Crippen molar-refractivity contribution in [3.63, 3.8) is 0 Å². The second-order valence-electron chi connectivity index (χ2n) is 8.10. The Morgan fingerprint density at radius 1 is 0.906 bits per heavy atom. The van der Waals surface area contributed by atoms with Crippen LogP contribution in [-0.4, -0.2) is 32.4 Å². The maximum atomic E-state index is 5.83. The number of aromatic nitrogens is 1. The molecular weight excluding hydrogens is 404 g/mol. The van der Waals surface area contributed by atoms with Crippen LogP contribution in [0.3, 0.4) is 0 Å². The lowest BCUT2D eigenvalue weighted by molar-refractivity contribution is 0.242. The SMILES string of the molecule is COc1cc2c(cc1OC)[C@@H](c1ccc(OC(C)C)cc1)N[C@@H](c1cccnc1OC)C2. The minimum absolute atomic E-state index is 0.0286. The summed E-state index contributed by atoms with van der Waals surface area (Å²) in [6, 6.07) is 16.4. The van der Waals surface area contributed by atoms with Crippen LogP contribution in [0.2, 0.25) is 0 Å². The molecule has 0 fully saturated rings. The molecule has 0 saturated heterocycles. The van der Waals surface area contributed by atoms with Gasteiger partial charge in [0.15, 0.2) is 11.5 Å². The van der Waals surface area contributed by atoms with Gasteiger partial charge in [0.2, 0.25) is 5.88 Å². The Balaban J connectivity index is 1.78. The van der Waals surface area contributed by atoms with E-state index < -0.39 is 0 Å². The predicted molar refractivity (Wildman–Crippen MR) is 124 cm³/mol. The maximum absolute atomic E-state index is 5.83. The summed E-state index contributed by atoms with van der Waals surface area (Å²) in [6.07, 6.45) is 2.66. The number of nitrogens with one attached hydrogen (secondary N) is 1. The van der Waals surface area contributed by atoms with E-state index in [1.165, 1.54) is 11.1 Å². The largest absolute Gasteiger partial charge is 0.493 e. The molecule has 0 radical (unpaired) electrons. The van der Waals surface area contributed by atoms with Crippen molar-refractivity contribution in [1.29, 1.82) is 0 Å². The molecule has 0 saturated carbocycles. The number of rotatable bonds is 7. The van der Waals surface area contributed by atoms with Crippen molar-refractivity contribution >= 4 is 0 Å². The fourth-order valence-corrected chi connectivity index (χ4v) is 4.28. The summed E-state index contributed by atoms with van der Waals surface area (Å²) in [7, 11) is 4.98. The van der Waals surface area contributed by atoms with Crippen molar-refractivity contribution in [3.05, 3.63) is 77.0 Å². The van der Waals surface area contributed by atoms with Crippen molar-refractivity contribution in [3.8, 4) is 23.1 Å². The number of pyridine rings is 1. The standard InChI is InChI=1S/C26H30N2O4/c1-16(2)32-19-10-8-17(9-11-19)25-21-15-24(30-4)23(29-3)14-18(21)13-22(28-25)20-7-6-12-27-26(20)31-5/h6-12,14-16,22,25,28H,13H2,1-5H3/t22-,25-/m1/s1. The molecule has 6 nitrogen and oxygen atoms in total. The quantitative estimate of drug-likeness (QED) is 0.572. The Labute approximate surface area is 189 Å². The topological polar surface area (TPSA) is 61.8 Å². The average molecular weight is 435 g/mol. The van der Waals surface area contributed by atoms with Crippen LogP contribution >= 0.6 is 0 Å². The molecule has 1 N–H and O–H groups in total. The molecular formula is C26H30N2O4. The van der Waals surface area contributed by atoms with Gasteiger partial charge in [-0.15, -0.1) is 0 Å². The summed E-state index contributed by atoms with van der Waals surface area (Å²) in [4.78, 5) is 4.40. The molecule has 2 atom stereocenters. The molecule has 6 heteroatoms. The van der Waals surface area contributed by atoms with E-state index in [2.05, 4.69) is 40.6 Å². The fourth-order valence-electron chi connectivity index (χ4n) is 4.28. The number of nitrogens with zero attached hydrogens (tertiary/aromatic N) is 1. The van der Waals surface area contributed by atoms with Crippen LogP contribution in [0.1, 0.15) is 48.2 Å². The molecule has 0 spiro atoms. The van der Waals surface area contributed by atoms with E-state index in [1.807, 2.05) is 32.0 Å². The first-order valence-electron chi connectivity index (χ1n) is 10.8. The third-order valence-electron chi connectivity index (χ3n) is 5.70. The molecule has 0 aliphatic carbocycles. The number of hydrogen-bond acceptors (Lipinski definition) is 6. The molecule has 1 aliphatic rings. The van der Waals surface area contributed by atoms with Gasteiger partial charge in [0.25, 0.3) is 0 Å². The van der Waals surface area contributed by atoms with Gasteiger partial charge >= 0.3 is 0 Å². The van der Waals surface area contributed by atoms with Crippen molar-refractivity contribution < 1.29 is 18.9 Å². The highest BCUT2D eigenvalue weighted by Crippen LogP contribution is 2.42. The Kier molecular flexibility index (Phi) is 6.51. The number of benzene rings is 2. The minimum Gasteiger partial charge on any atom is -0.493 e. The van der Waals surface area contributed by atoms with Gasteiger partial charge in [-0.3, -0.25) is 5.32 Å². The van der Waals surface area contributed by atoms with Crippen LogP contribution < -0.4 is 24.3 Å². The summed E-state index contributed by atoms with van der Waals surface area (Å²) in [5.41, 5.74) is 4.53. The highest BCUT2D eigenvalue weighted by atomic mass is 16.5. The zero-order valence-corrected chi connectivity index (χ0v) is 19.2. The second kappa shape index (κ2) is 9.49. The fraction of sp³-hybridized carbons (Fsp3) is 0.346. The van der Waals surface area contributed by atoms with Gasteiger partial charge in [-0.1, -0.05) is 18.2 Å². The lowest BCUT2D eigenvalue weighted by Gasteiger charge is -2.35. The van der Waals surface area contributed by atoms with Gasteiger partial charge < -0.3 is 18.9 Å². The third kappa shape index (κ3) is 4.36. The summed E-state index contributed by atoms with van der Waals surface area (Å²) < 4.78 is 22.6. The van der Waals surface area contributed by atoms with Crippen LogP contribution in [0.25, 0.3) is 0 Å². The first-order chi connectivity index (χ1) is 15.5. The van der Waals surface area contributed by atoms with Gasteiger partial charge in [-0.2, -0.15) is 0 Å². The van der Waals surface area contributed by atoms with E-state index in [0.717, 1.165) is 34.8 Å². The average Bonchev–Trinajstić information content (AvgIpc) is 2.82. The molecule has 2 aromatic carbocycles. The molecule has 168 valence electrons. The van der Waals surface area contributed by atoms with Crippen LogP contribution in [-0.2, 0) is 6.42 Å². The van der Waals surface area contributed by atoms with Crippen LogP contribution in [0, 0.1) is 0 Å². The smallest absolute Gasteiger partial charge is 0.217 e. The van der Waals surface area contributed by atoms with E-state index in [-0.39, 0.29) is 18.2 Å². The van der Waals surface area contributed by atoms with E-state index in [1.54, 1.807) is 27.5 Å². The second-order valence-corrected chi connectivity index (χ2v) is 8.10. The maximum Gasteiger partial charge on any atom is 0.217 e. The van der Waals surface area contributed by atoms with E-state index in [9.17, 15) is 0 Å². The predicted octanol–water partition coefficient (Wildman–Crippen LogP) is 4.87. The van der Waals surface area contributed by atoms with Gasteiger partial charge in [0, 0.05) is 17.8 Å². The summed E-state index contributed by atoms with van der Waals surface area (Å²) >= 11 is 0. The first-order valence-corrected chi connectivity index (χ1v) is 10.8. The van der Waals surface area contributed by atoms with Crippen molar-refractivity contribution in [1.82, 2.24) is 10.3 Å². The van der Waals surface area contributed by atoms with Gasteiger partial charge in [-0.25, -0.2) is 4.98 Å². The van der Waals surface area contributed by atoms with Crippen molar-refractivity contribution in [2.24, 2.45) is 0 Å². The van der Waals surface area contributed by atoms with E-state index in [4.69, 9.17) is 18.9 Å². The highest BCUT2D eigenvalue weighted by molar-refractivity contribution is 5.53. The third-order valence-corrected chi connectivity index (χ3v) is 5.70. The lowest BCUT2D eigenvalue weighted by Crippen LogP contribution is -2.34. The number of hydrogen-bond donors (Lipinski definition) is 1. The van der Waals surface area contributed by atoms with E-state index in [0.29, 0.717) is 5.88 Å². The Hall–Kier alpha value is -3.25. The van der Waals surface area contributed by atoms with Gasteiger partial charge in [0.1, 0.15) is 5.75 Å². The van der Waals surface area contributed by atoms with Crippen molar-refractivity contribution in [2.75, 3.05) is 21.3 Å². The molecule has 32 heavy (non-hydrogen) atoms. The molecule has 0 amide bonds. The van der Waals surface area contributed by atoms with Gasteiger partial charge in [0.05, 0.1) is 33.5 Å². The minimum atomic E-state index is -0.0402. The van der Waals surface area contributed by atoms with Crippen LogP contribution in [0.5, 0.6) is 23.1 Å². The number of fused-ring (bicyclic) bond motifs is 1. The van der Waals surface area contributed by atoms with Crippen LogP contribution in [0.15, 0.2) is 54.7 Å². The molecule has 1 aromatic heterocycles. The monoisotopic (exact) mass is 434 g/mol. The summed E-state index contributed by atoms with van der Waals surface area (Å²) in [6.45, 7) is 4.05. The first kappa shape index (κ1) is 22.0. The molecule has 3 aromatic rings. The normalized spacial score (nSPS) is 17.6. The highest BCUT2D eigenvalue weighted by Gasteiger charge is 2.31. The van der Waals surface area contributed by atoms with E-state index >= 15 is 0 Å². The zero-order valence-electron chi connectivity index (χ0n) is 19.2. The molecule has 4 rings (SSSR count). The Morgan fingerprint density at radius 2 is 1.62 bits per heavy atom. The van der Waals surface area contributed by atoms with Crippen LogP contribution in [0.4, 0.5) is 0 Å². The summed E-state index contributed by atoms with van der Waals surface area (Å²) in [5.74, 6) is 2.94. The lowest BCUT2D eigenvalue weighted by atomic mass is 9.84. The molecule has 2 heterocycles. The van der Waals surface area contributed by atoms with Crippen molar-refractivity contribution in [2.45, 2.75) is 38.5 Å². The Bertz CT molecular complexity index is 1070. The molecule has 1 aliphatic heterocycles.